The van der Waals surface area contributed by atoms with Gasteiger partial charge in [0.1, 0.15) is 0 Å². The summed E-state index contributed by atoms with van der Waals surface area (Å²) in [6.45, 7) is 10.8. The van der Waals surface area contributed by atoms with Crippen molar-refractivity contribution in [2.24, 2.45) is 5.92 Å². The third-order valence-electron chi connectivity index (χ3n) is 3.68. The Morgan fingerprint density at radius 3 is 2.47 bits per heavy atom. The van der Waals surface area contributed by atoms with Gasteiger partial charge in [-0.05, 0) is 37.1 Å². The van der Waals surface area contributed by atoms with Gasteiger partial charge in [-0.25, -0.2) is 0 Å². The van der Waals surface area contributed by atoms with Crippen molar-refractivity contribution in [1.82, 2.24) is 5.32 Å². The molecule has 1 aromatic carbocycles. The first-order valence-electron chi connectivity index (χ1n) is 7.23. The molecule has 1 N–H and O–H groups in total. The van der Waals surface area contributed by atoms with E-state index in [2.05, 4.69) is 63.2 Å². The van der Waals surface area contributed by atoms with Gasteiger partial charge < -0.3 is 10.2 Å². The molecular formula is C16H27ClN2. The molecule has 108 valence electrons. The summed E-state index contributed by atoms with van der Waals surface area (Å²) < 4.78 is 0. The number of halogens is 1. The number of nitrogens with one attached hydrogen (secondary N) is 1. The maximum absolute atomic E-state index is 6.43. The molecule has 2 atom stereocenters. The molecule has 0 bridgehead atoms. The highest BCUT2D eigenvalue weighted by Crippen LogP contribution is 2.29. The normalized spacial score (nSPS) is 14.2. The quantitative estimate of drug-likeness (QED) is 0.792. The van der Waals surface area contributed by atoms with Crippen LogP contribution in [0.5, 0.6) is 0 Å². The molecule has 0 aromatic heterocycles. The highest BCUT2D eigenvalue weighted by Gasteiger charge is 2.11. The van der Waals surface area contributed by atoms with Crippen molar-refractivity contribution in [3.63, 3.8) is 0 Å². The summed E-state index contributed by atoms with van der Waals surface area (Å²) in [5.74, 6) is 0.682. The largest absolute Gasteiger partial charge is 0.373 e. The number of anilines is 1. The minimum atomic E-state index is 0.344. The molecule has 2 unspecified atom stereocenters. The summed E-state index contributed by atoms with van der Waals surface area (Å²) in [5.41, 5.74) is 2.36. The van der Waals surface area contributed by atoms with Gasteiger partial charge in [-0.2, -0.15) is 0 Å². The lowest BCUT2D eigenvalue weighted by Crippen LogP contribution is -2.24. The van der Waals surface area contributed by atoms with Crippen molar-refractivity contribution in [1.29, 1.82) is 0 Å². The summed E-state index contributed by atoms with van der Waals surface area (Å²) in [6.07, 6.45) is 1.19. The lowest BCUT2D eigenvalue weighted by atomic mass is 10.1. The van der Waals surface area contributed by atoms with Crippen LogP contribution in [0.25, 0.3) is 0 Å². The van der Waals surface area contributed by atoms with Crippen LogP contribution in [0.1, 0.15) is 45.7 Å². The fourth-order valence-corrected chi connectivity index (χ4v) is 2.55. The Labute approximate surface area is 123 Å². The summed E-state index contributed by atoms with van der Waals surface area (Å²) in [5, 5.41) is 4.25. The van der Waals surface area contributed by atoms with Crippen molar-refractivity contribution in [3.8, 4) is 0 Å². The maximum atomic E-state index is 6.43. The zero-order valence-corrected chi connectivity index (χ0v) is 13.6. The van der Waals surface area contributed by atoms with Crippen LogP contribution in [0.2, 0.25) is 5.02 Å². The lowest BCUT2D eigenvalue weighted by Gasteiger charge is -2.24. The summed E-state index contributed by atoms with van der Waals surface area (Å²) in [6, 6.07) is 6.73. The molecule has 0 heterocycles. The van der Waals surface area contributed by atoms with E-state index in [1.807, 2.05) is 0 Å². The fraction of sp³-hybridized carbons (Fsp3) is 0.625. The molecule has 0 aliphatic rings. The van der Waals surface area contributed by atoms with Gasteiger partial charge in [-0.1, -0.05) is 44.9 Å². The number of hydrogen-bond donors (Lipinski definition) is 1. The molecule has 3 heteroatoms. The number of benzene rings is 1. The summed E-state index contributed by atoms with van der Waals surface area (Å²) >= 11 is 6.43. The number of rotatable bonds is 7. The van der Waals surface area contributed by atoms with E-state index in [0.717, 1.165) is 23.8 Å². The Hall–Kier alpha value is -0.730. The van der Waals surface area contributed by atoms with Gasteiger partial charge in [0, 0.05) is 19.6 Å². The van der Waals surface area contributed by atoms with E-state index in [1.165, 1.54) is 12.0 Å². The van der Waals surface area contributed by atoms with E-state index < -0.39 is 0 Å². The van der Waals surface area contributed by atoms with Gasteiger partial charge in [0.25, 0.3) is 0 Å². The van der Waals surface area contributed by atoms with E-state index in [1.54, 1.807) is 0 Å². The van der Waals surface area contributed by atoms with Crippen molar-refractivity contribution >= 4 is 17.3 Å². The molecule has 0 saturated heterocycles. The van der Waals surface area contributed by atoms with Gasteiger partial charge in [0.2, 0.25) is 0 Å². The predicted molar refractivity (Wildman–Crippen MR) is 86.3 cm³/mol. The highest BCUT2D eigenvalue weighted by atomic mass is 35.5. The first kappa shape index (κ1) is 16.3. The van der Waals surface area contributed by atoms with E-state index in [4.69, 9.17) is 11.6 Å². The minimum Gasteiger partial charge on any atom is -0.373 e. The first-order valence-corrected chi connectivity index (χ1v) is 7.61. The average molecular weight is 283 g/mol. The van der Waals surface area contributed by atoms with E-state index in [9.17, 15) is 0 Å². The molecule has 19 heavy (non-hydrogen) atoms. The Morgan fingerprint density at radius 2 is 1.95 bits per heavy atom. The molecule has 0 aliphatic carbocycles. The number of hydrogen-bond acceptors (Lipinski definition) is 2. The standard InChI is InChI=1S/C16H27ClN2/c1-6-12(3)11-19(5)16-9-8-14(10-15(16)17)13(4)18-7-2/h8-10,12-13,18H,6-7,11H2,1-5H3. The second-order valence-electron chi connectivity index (χ2n) is 5.38. The third kappa shape index (κ3) is 4.70. The van der Waals surface area contributed by atoms with Gasteiger partial charge in [0.15, 0.2) is 0 Å². The summed E-state index contributed by atoms with van der Waals surface area (Å²) in [7, 11) is 2.11. The van der Waals surface area contributed by atoms with Crippen LogP contribution < -0.4 is 10.2 Å². The zero-order chi connectivity index (χ0) is 14.4. The highest BCUT2D eigenvalue weighted by molar-refractivity contribution is 6.33. The topological polar surface area (TPSA) is 15.3 Å². The van der Waals surface area contributed by atoms with Crippen molar-refractivity contribution < 1.29 is 0 Å². The van der Waals surface area contributed by atoms with Crippen LogP contribution >= 0.6 is 11.6 Å². The minimum absolute atomic E-state index is 0.344. The van der Waals surface area contributed by atoms with E-state index >= 15 is 0 Å². The van der Waals surface area contributed by atoms with Crippen molar-refractivity contribution in [2.45, 2.75) is 40.2 Å². The Bertz CT molecular complexity index is 392. The van der Waals surface area contributed by atoms with Crippen molar-refractivity contribution in [2.75, 3.05) is 25.0 Å². The smallest absolute Gasteiger partial charge is 0.0642 e. The molecule has 0 radical (unpaired) electrons. The number of nitrogens with zero attached hydrogens (tertiary/aromatic N) is 1. The van der Waals surface area contributed by atoms with Gasteiger partial charge in [0.05, 0.1) is 10.7 Å². The predicted octanol–water partition coefficient (Wildman–Crippen LogP) is 4.49. The lowest BCUT2D eigenvalue weighted by molar-refractivity contribution is 0.559. The Kier molecular flexibility index (Phi) is 6.67. The van der Waals surface area contributed by atoms with Crippen LogP contribution in [-0.4, -0.2) is 20.1 Å². The second-order valence-corrected chi connectivity index (χ2v) is 5.79. The van der Waals surface area contributed by atoms with Gasteiger partial charge >= 0.3 is 0 Å². The van der Waals surface area contributed by atoms with Gasteiger partial charge in [-0.3, -0.25) is 0 Å². The molecule has 1 rings (SSSR count). The van der Waals surface area contributed by atoms with Crippen LogP contribution in [0, 0.1) is 5.92 Å². The third-order valence-corrected chi connectivity index (χ3v) is 3.98. The van der Waals surface area contributed by atoms with Crippen LogP contribution in [0.4, 0.5) is 5.69 Å². The van der Waals surface area contributed by atoms with Crippen LogP contribution in [-0.2, 0) is 0 Å². The molecule has 0 amide bonds. The van der Waals surface area contributed by atoms with Gasteiger partial charge in [-0.15, -0.1) is 0 Å². The Balaban J connectivity index is 2.82. The zero-order valence-electron chi connectivity index (χ0n) is 12.8. The summed E-state index contributed by atoms with van der Waals surface area (Å²) in [4.78, 5) is 2.25. The van der Waals surface area contributed by atoms with Crippen LogP contribution in [0.15, 0.2) is 18.2 Å². The van der Waals surface area contributed by atoms with Crippen LogP contribution in [0.3, 0.4) is 0 Å². The SMILES string of the molecule is CCNC(C)c1ccc(N(C)CC(C)CC)c(Cl)c1. The average Bonchev–Trinajstić information content (AvgIpc) is 2.38. The molecule has 0 saturated carbocycles. The molecule has 0 aliphatic heterocycles. The second kappa shape index (κ2) is 7.76. The fourth-order valence-electron chi connectivity index (χ4n) is 2.22. The molecule has 0 fully saturated rings. The molecular weight excluding hydrogens is 256 g/mol. The monoisotopic (exact) mass is 282 g/mol. The van der Waals surface area contributed by atoms with E-state index in [0.29, 0.717) is 12.0 Å². The maximum Gasteiger partial charge on any atom is 0.0642 e. The molecule has 1 aromatic rings. The molecule has 0 spiro atoms. The van der Waals surface area contributed by atoms with Crippen molar-refractivity contribution in [3.05, 3.63) is 28.8 Å². The molecule has 2 nitrogen and oxygen atoms in total. The Morgan fingerprint density at radius 1 is 1.26 bits per heavy atom. The van der Waals surface area contributed by atoms with E-state index in [-0.39, 0.29) is 0 Å². The first-order chi connectivity index (χ1) is 8.99.